The molecular formula is C19H22INO4. The van der Waals surface area contributed by atoms with Gasteiger partial charge in [-0.1, -0.05) is 12.1 Å². The van der Waals surface area contributed by atoms with E-state index in [1.54, 1.807) is 26.4 Å². The van der Waals surface area contributed by atoms with E-state index in [9.17, 15) is 4.79 Å². The fraction of sp³-hybridized carbons (Fsp3) is 0.316. The topological polar surface area (TPSA) is 56.8 Å². The van der Waals surface area contributed by atoms with Gasteiger partial charge < -0.3 is 19.5 Å². The summed E-state index contributed by atoms with van der Waals surface area (Å²) in [6.45, 7) is 3.11. The number of carbonyl (C=O) groups is 1. The van der Waals surface area contributed by atoms with Crippen molar-refractivity contribution in [1.82, 2.24) is 5.32 Å². The number of amides is 1. The van der Waals surface area contributed by atoms with Crippen molar-refractivity contribution in [2.75, 3.05) is 27.4 Å². The molecule has 5 nitrogen and oxygen atoms in total. The Bertz CT molecular complexity index is 733. The second-order valence-corrected chi connectivity index (χ2v) is 6.62. The molecule has 0 saturated carbocycles. The fourth-order valence-corrected chi connectivity index (χ4v) is 2.98. The van der Waals surface area contributed by atoms with E-state index in [-0.39, 0.29) is 5.91 Å². The number of nitrogens with one attached hydrogen (secondary N) is 1. The SMILES string of the molecule is COc1cc(I)c(C(=O)NCCCOc2cccc(C)c2)cc1OC. The number of methoxy groups -OCH3 is 2. The maximum Gasteiger partial charge on any atom is 0.252 e. The summed E-state index contributed by atoms with van der Waals surface area (Å²) in [5.41, 5.74) is 1.73. The summed E-state index contributed by atoms with van der Waals surface area (Å²) in [7, 11) is 3.12. The first-order chi connectivity index (χ1) is 12.0. The fourth-order valence-electron chi connectivity index (χ4n) is 2.29. The average molecular weight is 455 g/mol. The third-order valence-corrected chi connectivity index (χ3v) is 4.48. The summed E-state index contributed by atoms with van der Waals surface area (Å²) in [5, 5.41) is 2.91. The number of hydrogen-bond acceptors (Lipinski definition) is 4. The molecule has 0 heterocycles. The Morgan fingerprint density at radius 2 is 1.84 bits per heavy atom. The lowest BCUT2D eigenvalue weighted by atomic mass is 10.2. The minimum atomic E-state index is -0.138. The van der Waals surface area contributed by atoms with Gasteiger partial charge in [-0.25, -0.2) is 0 Å². The Morgan fingerprint density at radius 3 is 2.52 bits per heavy atom. The summed E-state index contributed by atoms with van der Waals surface area (Å²) in [5.74, 6) is 1.85. The lowest BCUT2D eigenvalue weighted by molar-refractivity contribution is 0.0950. The van der Waals surface area contributed by atoms with Gasteiger partial charge in [-0.15, -0.1) is 0 Å². The third kappa shape index (κ3) is 5.52. The minimum Gasteiger partial charge on any atom is -0.494 e. The molecule has 0 unspecified atom stereocenters. The molecule has 0 aliphatic carbocycles. The van der Waals surface area contributed by atoms with Crippen LogP contribution in [0.5, 0.6) is 17.2 Å². The largest absolute Gasteiger partial charge is 0.494 e. The Balaban J connectivity index is 1.84. The van der Waals surface area contributed by atoms with E-state index in [2.05, 4.69) is 27.9 Å². The number of halogens is 1. The highest BCUT2D eigenvalue weighted by Gasteiger charge is 2.15. The number of aryl methyl sites for hydroxylation is 1. The van der Waals surface area contributed by atoms with Crippen LogP contribution < -0.4 is 19.5 Å². The molecule has 1 amide bonds. The average Bonchev–Trinajstić information content (AvgIpc) is 2.61. The van der Waals surface area contributed by atoms with Gasteiger partial charge in [0.1, 0.15) is 5.75 Å². The molecule has 0 spiro atoms. The number of benzene rings is 2. The molecule has 0 radical (unpaired) electrons. The summed E-state index contributed by atoms with van der Waals surface area (Å²) in [4.78, 5) is 12.4. The maximum absolute atomic E-state index is 12.4. The maximum atomic E-state index is 12.4. The zero-order chi connectivity index (χ0) is 18.2. The zero-order valence-corrected chi connectivity index (χ0v) is 16.8. The second kappa shape index (κ2) is 9.50. The van der Waals surface area contributed by atoms with Gasteiger partial charge in [0.05, 0.1) is 26.4 Å². The van der Waals surface area contributed by atoms with Crippen LogP contribution in [0.25, 0.3) is 0 Å². The number of ether oxygens (including phenoxy) is 3. The second-order valence-electron chi connectivity index (χ2n) is 5.46. The van der Waals surface area contributed by atoms with E-state index in [1.807, 2.05) is 31.2 Å². The molecule has 1 N–H and O–H groups in total. The number of carbonyl (C=O) groups excluding carboxylic acids is 1. The molecule has 0 aliphatic heterocycles. The van der Waals surface area contributed by atoms with Crippen molar-refractivity contribution in [3.8, 4) is 17.2 Å². The number of hydrogen-bond donors (Lipinski definition) is 1. The smallest absolute Gasteiger partial charge is 0.252 e. The highest BCUT2D eigenvalue weighted by atomic mass is 127. The van der Waals surface area contributed by atoms with Gasteiger partial charge in [0.2, 0.25) is 0 Å². The van der Waals surface area contributed by atoms with E-state index >= 15 is 0 Å². The quantitative estimate of drug-likeness (QED) is 0.486. The normalized spacial score (nSPS) is 10.2. The van der Waals surface area contributed by atoms with Crippen LogP contribution >= 0.6 is 22.6 Å². The van der Waals surface area contributed by atoms with Crippen LogP contribution in [0.1, 0.15) is 22.3 Å². The van der Waals surface area contributed by atoms with Crippen LogP contribution in [0.15, 0.2) is 36.4 Å². The Labute approximate surface area is 161 Å². The van der Waals surface area contributed by atoms with Gasteiger partial charge in [-0.3, -0.25) is 4.79 Å². The van der Waals surface area contributed by atoms with Crippen molar-refractivity contribution in [3.05, 3.63) is 51.1 Å². The van der Waals surface area contributed by atoms with E-state index < -0.39 is 0 Å². The molecule has 0 bridgehead atoms. The lowest BCUT2D eigenvalue weighted by Crippen LogP contribution is -2.26. The van der Waals surface area contributed by atoms with Crippen LogP contribution in [0, 0.1) is 10.5 Å². The van der Waals surface area contributed by atoms with Crippen LogP contribution in [0.2, 0.25) is 0 Å². The van der Waals surface area contributed by atoms with Crippen molar-refractivity contribution in [2.24, 2.45) is 0 Å². The monoisotopic (exact) mass is 455 g/mol. The molecule has 134 valence electrons. The molecule has 0 fully saturated rings. The van der Waals surface area contributed by atoms with Crippen molar-refractivity contribution >= 4 is 28.5 Å². The van der Waals surface area contributed by atoms with Gasteiger partial charge in [-0.05, 0) is 65.8 Å². The van der Waals surface area contributed by atoms with Gasteiger partial charge >= 0.3 is 0 Å². The van der Waals surface area contributed by atoms with E-state index in [1.165, 1.54) is 0 Å². The van der Waals surface area contributed by atoms with Gasteiger partial charge in [-0.2, -0.15) is 0 Å². The van der Waals surface area contributed by atoms with Crippen LogP contribution in [0.4, 0.5) is 0 Å². The Hall–Kier alpha value is -1.96. The zero-order valence-electron chi connectivity index (χ0n) is 14.6. The van der Waals surface area contributed by atoms with Gasteiger partial charge in [0.15, 0.2) is 11.5 Å². The minimum absolute atomic E-state index is 0.138. The number of rotatable bonds is 8. The predicted molar refractivity (Wildman–Crippen MR) is 106 cm³/mol. The summed E-state index contributed by atoms with van der Waals surface area (Å²) >= 11 is 2.12. The van der Waals surface area contributed by atoms with Gasteiger partial charge in [0.25, 0.3) is 5.91 Å². The van der Waals surface area contributed by atoms with Crippen LogP contribution in [-0.4, -0.2) is 33.3 Å². The summed E-state index contributed by atoms with van der Waals surface area (Å²) < 4.78 is 17.0. The molecular weight excluding hydrogens is 433 g/mol. The first-order valence-corrected chi connectivity index (χ1v) is 9.02. The van der Waals surface area contributed by atoms with Crippen molar-refractivity contribution in [3.63, 3.8) is 0 Å². The molecule has 6 heteroatoms. The van der Waals surface area contributed by atoms with E-state index in [4.69, 9.17) is 14.2 Å². The van der Waals surface area contributed by atoms with Crippen molar-refractivity contribution in [2.45, 2.75) is 13.3 Å². The molecule has 0 aromatic heterocycles. The predicted octanol–water partition coefficient (Wildman–Crippen LogP) is 3.82. The lowest BCUT2D eigenvalue weighted by Gasteiger charge is -2.12. The Kier molecular flexibility index (Phi) is 7.36. The van der Waals surface area contributed by atoms with Crippen LogP contribution in [-0.2, 0) is 0 Å². The van der Waals surface area contributed by atoms with Crippen LogP contribution in [0.3, 0.4) is 0 Å². The first-order valence-electron chi connectivity index (χ1n) is 7.94. The standard InChI is InChI=1S/C19H22INO4/c1-13-6-4-7-14(10-13)25-9-5-8-21-19(22)15-11-17(23-2)18(24-3)12-16(15)20/h4,6-7,10-12H,5,8-9H2,1-3H3,(H,21,22). The summed E-state index contributed by atoms with van der Waals surface area (Å²) in [6.07, 6.45) is 0.726. The molecule has 25 heavy (non-hydrogen) atoms. The molecule has 0 atom stereocenters. The molecule has 2 rings (SSSR count). The molecule has 2 aromatic carbocycles. The van der Waals surface area contributed by atoms with Gasteiger partial charge in [0, 0.05) is 10.1 Å². The molecule has 0 saturated heterocycles. The first kappa shape index (κ1) is 19.4. The van der Waals surface area contributed by atoms with E-state index in [0.717, 1.165) is 21.3 Å². The Morgan fingerprint density at radius 1 is 1.12 bits per heavy atom. The van der Waals surface area contributed by atoms with Crippen molar-refractivity contribution in [1.29, 1.82) is 0 Å². The third-order valence-electron chi connectivity index (χ3n) is 3.58. The highest BCUT2D eigenvalue weighted by molar-refractivity contribution is 14.1. The summed E-state index contributed by atoms with van der Waals surface area (Å²) in [6, 6.07) is 11.4. The highest BCUT2D eigenvalue weighted by Crippen LogP contribution is 2.31. The molecule has 0 aliphatic rings. The van der Waals surface area contributed by atoms with Crippen molar-refractivity contribution < 1.29 is 19.0 Å². The molecule has 2 aromatic rings. The van der Waals surface area contributed by atoms with E-state index in [0.29, 0.717) is 30.2 Å².